The third kappa shape index (κ3) is 2.51. The highest BCUT2D eigenvalue weighted by atomic mass is 79.9. The number of pyridine rings is 1. The first kappa shape index (κ1) is 12.0. The number of nitrogens with zero attached hydrogens (tertiary/aromatic N) is 1. The van der Waals surface area contributed by atoms with E-state index < -0.39 is 0 Å². The normalized spacial score (nSPS) is 8.92. The maximum absolute atomic E-state index is 5.65. The van der Waals surface area contributed by atoms with Gasteiger partial charge < -0.3 is 4.74 Å². The predicted molar refractivity (Wildman–Crippen MR) is 55.3 cm³/mol. The molecule has 0 bridgehead atoms. The fraction of sp³-hybridized carbons (Fsp3) is 0.286. The average molecular weight is 273 g/mol. The number of aromatic nitrogens is 1. The predicted octanol–water partition coefficient (Wildman–Crippen LogP) is 3.01. The second-order valence-electron chi connectivity index (χ2n) is 1.93. The zero-order chi connectivity index (χ0) is 8.27. The zero-order valence-electron chi connectivity index (χ0n) is 6.38. The molecule has 0 N–H and O–H groups in total. The minimum absolute atomic E-state index is 0. The van der Waals surface area contributed by atoms with Gasteiger partial charge in [-0.3, -0.25) is 0 Å². The van der Waals surface area contributed by atoms with Crippen LogP contribution in [0.4, 0.5) is 0 Å². The van der Waals surface area contributed by atoms with Crippen molar-refractivity contribution in [3.63, 3.8) is 0 Å². The molecule has 0 saturated carbocycles. The van der Waals surface area contributed by atoms with E-state index >= 15 is 0 Å². The summed E-state index contributed by atoms with van der Waals surface area (Å²) in [6, 6.07) is 1.83. The van der Waals surface area contributed by atoms with Crippen LogP contribution in [0, 0.1) is 0 Å². The molecule has 0 aliphatic carbocycles. The fourth-order valence-electron chi connectivity index (χ4n) is 0.780. The van der Waals surface area contributed by atoms with Crippen LogP contribution in [0.2, 0.25) is 0 Å². The topological polar surface area (TPSA) is 22.1 Å². The van der Waals surface area contributed by atoms with E-state index in [4.69, 9.17) is 16.3 Å². The third-order valence-electron chi connectivity index (χ3n) is 1.29. The quantitative estimate of drug-likeness (QED) is 0.610. The zero-order valence-corrected chi connectivity index (χ0v) is 9.54. The van der Waals surface area contributed by atoms with Gasteiger partial charge in [0.1, 0.15) is 4.60 Å². The van der Waals surface area contributed by atoms with Crippen molar-refractivity contribution in [1.29, 1.82) is 0 Å². The second-order valence-corrected chi connectivity index (χ2v) is 2.95. The van der Waals surface area contributed by atoms with Crippen molar-refractivity contribution in [2.45, 2.75) is 5.88 Å². The van der Waals surface area contributed by atoms with Crippen LogP contribution < -0.4 is 4.74 Å². The Balaban J connectivity index is 0.00000121. The highest BCUT2D eigenvalue weighted by Gasteiger charge is 2.05. The van der Waals surface area contributed by atoms with Crippen molar-refractivity contribution in [3.8, 4) is 5.75 Å². The summed E-state index contributed by atoms with van der Waals surface area (Å²) in [4.78, 5) is 3.99. The van der Waals surface area contributed by atoms with Crippen LogP contribution in [0.15, 0.2) is 16.9 Å². The van der Waals surface area contributed by atoms with E-state index in [0.717, 1.165) is 5.56 Å². The van der Waals surface area contributed by atoms with Crippen LogP contribution in [0.25, 0.3) is 0 Å². The largest absolute Gasteiger partial charge is 0.494 e. The van der Waals surface area contributed by atoms with Gasteiger partial charge in [-0.15, -0.1) is 24.0 Å². The van der Waals surface area contributed by atoms with Crippen molar-refractivity contribution >= 4 is 39.9 Å². The summed E-state index contributed by atoms with van der Waals surface area (Å²) in [7, 11) is 1.60. The molecule has 2 nitrogen and oxygen atoms in total. The number of hydrogen-bond acceptors (Lipinski definition) is 2. The molecular weight excluding hydrogens is 265 g/mol. The van der Waals surface area contributed by atoms with Gasteiger partial charge in [-0.25, -0.2) is 4.98 Å². The summed E-state index contributed by atoms with van der Waals surface area (Å²) < 4.78 is 5.77. The SMILES string of the molecule is COc1c(CCl)ccnc1Br.Cl. The summed E-state index contributed by atoms with van der Waals surface area (Å²) in [6.07, 6.45) is 1.68. The molecule has 1 aromatic rings. The second kappa shape index (κ2) is 5.62. The highest BCUT2D eigenvalue weighted by Crippen LogP contribution is 2.27. The van der Waals surface area contributed by atoms with Crippen LogP contribution in [-0.2, 0) is 5.88 Å². The van der Waals surface area contributed by atoms with Crippen molar-refractivity contribution in [1.82, 2.24) is 4.98 Å². The molecule has 0 aliphatic rings. The van der Waals surface area contributed by atoms with Gasteiger partial charge in [0.05, 0.1) is 13.0 Å². The van der Waals surface area contributed by atoms with Gasteiger partial charge in [0.2, 0.25) is 0 Å². The van der Waals surface area contributed by atoms with Crippen LogP contribution in [0.3, 0.4) is 0 Å². The van der Waals surface area contributed by atoms with Gasteiger partial charge in [-0.05, 0) is 22.0 Å². The lowest BCUT2D eigenvalue weighted by molar-refractivity contribution is 0.406. The molecule has 0 spiro atoms. The lowest BCUT2D eigenvalue weighted by Gasteiger charge is -2.05. The van der Waals surface area contributed by atoms with E-state index in [9.17, 15) is 0 Å². The van der Waals surface area contributed by atoms with E-state index in [0.29, 0.717) is 16.2 Å². The monoisotopic (exact) mass is 271 g/mol. The molecule has 1 heterocycles. The van der Waals surface area contributed by atoms with Gasteiger partial charge in [0, 0.05) is 11.8 Å². The molecule has 5 heteroatoms. The lowest BCUT2D eigenvalue weighted by atomic mass is 10.3. The molecule has 0 fully saturated rings. The maximum Gasteiger partial charge on any atom is 0.156 e. The Morgan fingerprint density at radius 2 is 2.33 bits per heavy atom. The Kier molecular flexibility index (Phi) is 5.63. The molecule has 0 radical (unpaired) electrons. The number of methoxy groups -OCH3 is 1. The molecule has 0 aliphatic heterocycles. The Morgan fingerprint density at radius 1 is 1.67 bits per heavy atom. The van der Waals surface area contributed by atoms with Crippen LogP contribution in [-0.4, -0.2) is 12.1 Å². The van der Waals surface area contributed by atoms with Crippen molar-refractivity contribution in [3.05, 3.63) is 22.4 Å². The molecule has 68 valence electrons. The van der Waals surface area contributed by atoms with E-state index in [-0.39, 0.29) is 12.4 Å². The van der Waals surface area contributed by atoms with Crippen molar-refractivity contribution in [2.24, 2.45) is 0 Å². The van der Waals surface area contributed by atoms with E-state index in [1.807, 2.05) is 6.07 Å². The van der Waals surface area contributed by atoms with Crippen LogP contribution in [0.1, 0.15) is 5.56 Å². The number of halogens is 3. The smallest absolute Gasteiger partial charge is 0.156 e. The molecule has 0 saturated heterocycles. The summed E-state index contributed by atoms with van der Waals surface area (Å²) >= 11 is 8.91. The summed E-state index contributed by atoms with van der Waals surface area (Å²) in [5.74, 6) is 1.15. The molecular formula is C7H8BrCl2NO. The number of rotatable bonds is 2. The van der Waals surface area contributed by atoms with E-state index in [1.54, 1.807) is 13.3 Å². The van der Waals surface area contributed by atoms with E-state index in [1.165, 1.54) is 0 Å². The first-order valence-corrected chi connectivity index (χ1v) is 4.35. The Bertz CT molecular complexity index is 257. The Labute approximate surface area is 90.8 Å². The van der Waals surface area contributed by atoms with Gasteiger partial charge in [0.15, 0.2) is 5.75 Å². The van der Waals surface area contributed by atoms with Crippen LogP contribution >= 0.6 is 39.9 Å². The van der Waals surface area contributed by atoms with Gasteiger partial charge >= 0.3 is 0 Å². The van der Waals surface area contributed by atoms with Crippen LogP contribution in [0.5, 0.6) is 5.75 Å². The first-order chi connectivity index (χ1) is 5.29. The standard InChI is InChI=1S/C7H7BrClNO.ClH/c1-11-6-5(4-9)2-3-10-7(6)8;/h2-3H,4H2,1H3;1H. The van der Waals surface area contributed by atoms with Gasteiger partial charge in [-0.1, -0.05) is 0 Å². The molecule has 0 atom stereocenters. The Hall–Kier alpha value is 0.01000. The van der Waals surface area contributed by atoms with Gasteiger partial charge in [0.25, 0.3) is 0 Å². The molecule has 1 aromatic heterocycles. The van der Waals surface area contributed by atoms with Crippen molar-refractivity contribution in [2.75, 3.05) is 7.11 Å². The molecule has 0 amide bonds. The molecule has 12 heavy (non-hydrogen) atoms. The maximum atomic E-state index is 5.65. The molecule has 0 unspecified atom stereocenters. The highest BCUT2D eigenvalue weighted by molar-refractivity contribution is 9.10. The number of alkyl halides is 1. The first-order valence-electron chi connectivity index (χ1n) is 3.03. The third-order valence-corrected chi connectivity index (χ3v) is 2.14. The Morgan fingerprint density at radius 3 is 2.75 bits per heavy atom. The lowest BCUT2D eigenvalue weighted by Crippen LogP contribution is -1.91. The minimum atomic E-state index is 0. The minimum Gasteiger partial charge on any atom is -0.494 e. The average Bonchev–Trinajstić information content (AvgIpc) is 2.04. The summed E-state index contributed by atoms with van der Waals surface area (Å²) in [5.41, 5.74) is 0.941. The molecule has 1 rings (SSSR count). The number of ether oxygens (including phenoxy) is 1. The summed E-state index contributed by atoms with van der Waals surface area (Å²) in [5, 5.41) is 0. The summed E-state index contributed by atoms with van der Waals surface area (Å²) in [6.45, 7) is 0. The fourth-order valence-corrected chi connectivity index (χ4v) is 1.53. The van der Waals surface area contributed by atoms with Crippen molar-refractivity contribution < 1.29 is 4.74 Å². The number of hydrogen-bond donors (Lipinski definition) is 0. The molecule has 0 aromatic carbocycles. The van der Waals surface area contributed by atoms with Gasteiger partial charge in [-0.2, -0.15) is 0 Å². The van der Waals surface area contributed by atoms with E-state index in [2.05, 4.69) is 20.9 Å².